The van der Waals surface area contributed by atoms with Crippen LogP contribution in [0.5, 0.6) is 0 Å². The molecule has 1 unspecified atom stereocenters. The summed E-state index contributed by atoms with van der Waals surface area (Å²) in [6.45, 7) is 2.22. The zero-order valence-corrected chi connectivity index (χ0v) is 16.0. The predicted molar refractivity (Wildman–Crippen MR) is 103 cm³/mol. The lowest BCUT2D eigenvalue weighted by molar-refractivity contribution is 0.136. The van der Waals surface area contributed by atoms with E-state index < -0.39 is 0 Å². The molecule has 3 fully saturated rings. The van der Waals surface area contributed by atoms with Crippen molar-refractivity contribution < 1.29 is 4.79 Å². The van der Waals surface area contributed by atoms with Crippen LogP contribution < -0.4 is 10.6 Å². The molecule has 144 valence electrons. The number of amides is 2. The largest absolute Gasteiger partial charge is 0.335 e. The Balaban J connectivity index is 1.33. The molecule has 2 aliphatic carbocycles. The molecular weight excluding hydrogens is 326 g/mol. The second-order valence-corrected chi connectivity index (χ2v) is 8.68. The van der Waals surface area contributed by atoms with E-state index in [1.807, 2.05) is 16.9 Å². The van der Waals surface area contributed by atoms with Gasteiger partial charge in [-0.15, -0.1) is 0 Å². The molecule has 2 heterocycles. The van der Waals surface area contributed by atoms with Crippen molar-refractivity contribution in [2.45, 2.75) is 76.3 Å². The smallest absolute Gasteiger partial charge is 0.320 e. The molecule has 3 aliphatic rings. The van der Waals surface area contributed by atoms with E-state index in [0.29, 0.717) is 23.3 Å². The second kappa shape index (κ2) is 7.59. The maximum atomic E-state index is 12.6. The molecule has 0 radical (unpaired) electrons. The zero-order chi connectivity index (χ0) is 18.0. The standard InChI is InChI=1S/C20H33N5O/c1-24-13-7-16(8-14-24)25-15-9-18(23-25)22-19(26)21-17-6-2-3-10-20(17)11-4-5-12-20/h9,15-17H,2-8,10-14H2,1H3,(H2,21,22,23,26). The number of carbonyl (C=O) groups is 1. The third-order valence-electron chi connectivity index (χ3n) is 6.97. The summed E-state index contributed by atoms with van der Waals surface area (Å²) in [5.74, 6) is 0.665. The Labute approximate surface area is 156 Å². The minimum atomic E-state index is -0.0863. The Morgan fingerprint density at radius 3 is 2.54 bits per heavy atom. The first-order valence-corrected chi connectivity index (χ1v) is 10.5. The number of nitrogens with one attached hydrogen (secondary N) is 2. The number of likely N-dealkylation sites (tertiary alicyclic amines) is 1. The number of piperidine rings is 1. The normalized spacial score (nSPS) is 26.9. The minimum Gasteiger partial charge on any atom is -0.335 e. The fraction of sp³-hybridized carbons (Fsp3) is 0.800. The maximum absolute atomic E-state index is 12.6. The number of carbonyl (C=O) groups excluding carboxylic acids is 1. The van der Waals surface area contributed by atoms with Gasteiger partial charge in [0.2, 0.25) is 0 Å². The molecule has 2 saturated carbocycles. The fourth-order valence-electron chi connectivity index (χ4n) is 5.39. The van der Waals surface area contributed by atoms with Crippen molar-refractivity contribution in [3.63, 3.8) is 0 Å². The molecule has 1 aliphatic heterocycles. The highest BCUT2D eigenvalue weighted by molar-refractivity contribution is 5.88. The first-order chi connectivity index (χ1) is 12.6. The third-order valence-corrected chi connectivity index (χ3v) is 6.97. The Morgan fingerprint density at radius 2 is 1.81 bits per heavy atom. The first kappa shape index (κ1) is 17.8. The molecule has 2 N–H and O–H groups in total. The van der Waals surface area contributed by atoms with Crippen LogP contribution in [0.2, 0.25) is 0 Å². The number of rotatable bonds is 3. The van der Waals surface area contributed by atoms with Crippen molar-refractivity contribution in [3.05, 3.63) is 12.3 Å². The molecule has 6 heteroatoms. The number of nitrogens with zero attached hydrogens (tertiary/aromatic N) is 3. The summed E-state index contributed by atoms with van der Waals surface area (Å²) >= 11 is 0. The van der Waals surface area contributed by atoms with Crippen molar-refractivity contribution in [2.24, 2.45) is 5.41 Å². The van der Waals surface area contributed by atoms with Gasteiger partial charge in [-0.25, -0.2) is 4.79 Å². The summed E-state index contributed by atoms with van der Waals surface area (Å²) in [6, 6.07) is 2.61. The maximum Gasteiger partial charge on any atom is 0.320 e. The minimum absolute atomic E-state index is 0.0863. The molecule has 1 aromatic heterocycles. The van der Waals surface area contributed by atoms with Gasteiger partial charge in [0.15, 0.2) is 5.82 Å². The topological polar surface area (TPSA) is 62.2 Å². The van der Waals surface area contributed by atoms with Crippen LogP contribution in [-0.2, 0) is 0 Å². The van der Waals surface area contributed by atoms with Crippen LogP contribution >= 0.6 is 0 Å². The van der Waals surface area contributed by atoms with Crippen LogP contribution in [0.15, 0.2) is 12.3 Å². The van der Waals surface area contributed by atoms with Gasteiger partial charge >= 0.3 is 6.03 Å². The van der Waals surface area contributed by atoms with E-state index in [4.69, 9.17) is 0 Å². The summed E-state index contributed by atoms with van der Waals surface area (Å²) in [5.41, 5.74) is 0.364. The number of aromatic nitrogens is 2. The van der Waals surface area contributed by atoms with Crippen LogP contribution in [-0.4, -0.2) is 46.9 Å². The van der Waals surface area contributed by atoms with E-state index in [2.05, 4.69) is 27.7 Å². The lowest BCUT2D eigenvalue weighted by Crippen LogP contribution is -2.49. The highest BCUT2D eigenvalue weighted by Gasteiger charge is 2.43. The first-order valence-electron chi connectivity index (χ1n) is 10.5. The van der Waals surface area contributed by atoms with E-state index >= 15 is 0 Å². The second-order valence-electron chi connectivity index (χ2n) is 8.68. The summed E-state index contributed by atoms with van der Waals surface area (Å²) in [4.78, 5) is 14.9. The van der Waals surface area contributed by atoms with Gasteiger partial charge in [-0.3, -0.25) is 10.00 Å². The molecule has 0 bridgehead atoms. The third kappa shape index (κ3) is 3.75. The van der Waals surface area contributed by atoms with Gasteiger partial charge < -0.3 is 10.2 Å². The van der Waals surface area contributed by atoms with E-state index in [9.17, 15) is 4.79 Å². The Bertz CT molecular complexity index is 613. The molecule has 2 amide bonds. The van der Waals surface area contributed by atoms with Gasteiger partial charge in [-0.1, -0.05) is 25.7 Å². The van der Waals surface area contributed by atoms with Crippen LogP contribution in [0.1, 0.15) is 70.3 Å². The van der Waals surface area contributed by atoms with Gasteiger partial charge in [0.1, 0.15) is 0 Å². The van der Waals surface area contributed by atoms with Crippen LogP contribution in [0, 0.1) is 5.41 Å². The SMILES string of the molecule is CN1CCC(n2ccc(NC(=O)NC3CCCCC34CCCC4)n2)CC1. The van der Waals surface area contributed by atoms with Gasteiger partial charge in [0.25, 0.3) is 0 Å². The van der Waals surface area contributed by atoms with Gasteiger partial charge in [0.05, 0.1) is 6.04 Å². The highest BCUT2D eigenvalue weighted by atomic mass is 16.2. The van der Waals surface area contributed by atoms with Crippen LogP contribution in [0.25, 0.3) is 0 Å². The summed E-state index contributed by atoms with van der Waals surface area (Å²) in [6.07, 6.45) is 14.4. The van der Waals surface area contributed by atoms with Crippen molar-refractivity contribution in [1.29, 1.82) is 0 Å². The Morgan fingerprint density at radius 1 is 1.12 bits per heavy atom. The zero-order valence-electron chi connectivity index (χ0n) is 16.0. The molecule has 26 heavy (non-hydrogen) atoms. The lowest BCUT2D eigenvalue weighted by atomic mass is 9.69. The van der Waals surface area contributed by atoms with E-state index in [0.717, 1.165) is 32.4 Å². The summed E-state index contributed by atoms with van der Waals surface area (Å²) in [7, 11) is 2.17. The van der Waals surface area contributed by atoms with E-state index in [-0.39, 0.29) is 6.03 Å². The molecule has 4 rings (SSSR count). The highest BCUT2D eigenvalue weighted by Crippen LogP contribution is 2.49. The predicted octanol–water partition coefficient (Wildman–Crippen LogP) is 3.77. The van der Waals surface area contributed by atoms with Gasteiger partial charge in [-0.05, 0) is 64.1 Å². The Hall–Kier alpha value is -1.56. The van der Waals surface area contributed by atoms with Crippen molar-refractivity contribution in [1.82, 2.24) is 20.0 Å². The van der Waals surface area contributed by atoms with E-state index in [1.165, 1.54) is 44.9 Å². The summed E-state index contributed by atoms with van der Waals surface area (Å²) < 4.78 is 2.03. The van der Waals surface area contributed by atoms with E-state index in [1.54, 1.807) is 0 Å². The Kier molecular flexibility index (Phi) is 5.20. The number of urea groups is 1. The molecular formula is C20H33N5O. The van der Waals surface area contributed by atoms with Crippen LogP contribution in [0.4, 0.5) is 10.6 Å². The number of hydrogen-bond donors (Lipinski definition) is 2. The molecule has 6 nitrogen and oxygen atoms in total. The monoisotopic (exact) mass is 359 g/mol. The van der Waals surface area contributed by atoms with Crippen molar-refractivity contribution >= 4 is 11.8 Å². The molecule has 1 saturated heterocycles. The quantitative estimate of drug-likeness (QED) is 0.863. The number of anilines is 1. The average molecular weight is 360 g/mol. The fourth-order valence-corrected chi connectivity index (χ4v) is 5.39. The summed E-state index contributed by atoms with van der Waals surface area (Å²) in [5, 5.41) is 10.9. The number of hydrogen-bond acceptors (Lipinski definition) is 3. The van der Waals surface area contributed by atoms with Crippen molar-refractivity contribution in [3.8, 4) is 0 Å². The average Bonchev–Trinajstić information content (AvgIpc) is 3.28. The lowest BCUT2D eigenvalue weighted by Gasteiger charge is -2.41. The van der Waals surface area contributed by atoms with Gasteiger partial charge in [0, 0.05) is 18.3 Å². The van der Waals surface area contributed by atoms with Crippen molar-refractivity contribution in [2.75, 3.05) is 25.5 Å². The van der Waals surface area contributed by atoms with Crippen LogP contribution in [0.3, 0.4) is 0 Å². The molecule has 1 aromatic rings. The molecule has 1 spiro atoms. The van der Waals surface area contributed by atoms with Gasteiger partial charge in [-0.2, -0.15) is 5.10 Å². The molecule has 1 atom stereocenters. The molecule has 0 aromatic carbocycles.